The predicted octanol–water partition coefficient (Wildman–Crippen LogP) is 3.32. The highest BCUT2D eigenvalue weighted by Gasteiger charge is 2.52. The number of carbonyl (C=O) groups is 4. The van der Waals surface area contributed by atoms with Gasteiger partial charge in [-0.25, -0.2) is 4.79 Å². The third kappa shape index (κ3) is 6.34. The maximum absolute atomic E-state index is 12.6. The van der Waals surface area contributed by atoms with Crippen LogP contribution in [0.1, 0.15) is 29.3 Å². The molecule has 3 aromatic carbocycles. The van der Waals surface area contributed by atoms with Gasteiger partial charge in [0.15, 0.2) is 0 Å². The van der Waals surface area contributed by atoms with E-state index in [0.29, 0.717) is 30.2 Å². The fraction of sp³-hybridized carbons (Fsp3) is 0.214. The molecule has 0 bridgehead atoms. The number of rotatable bonds is 11. The Morgan fingerprint density at radius 3 is 2.00 bits per heavy atom. The Morgan fingerprint density at radius 1 is 0.816 bits per heavy atom. The molecule has 0 atom stereocenters. The van der Waals surface area contributed by atoms with Crippen molar-refractivity contribution in [2.45, 2.75) is 25.5 Å². The van der Waals surface area contributed by atoms with E-state index in [2.05, 4.69) is 16.0 Å². The van der Waals surface area contributed by atoms with Crippen LogP contribution in [-0.4, -0.2) is 42.6 Å². The minimum atomic E-state index is -1.96. The molecule has 0 spiro atoms. The van der Waals surface area contributed by atoms with Gasteiger partial charge in [0.2, 0.25) is 0 Å². The molecule has 10 heteroatoms. The van der Waals surface area contributed by atoms with Crippen LogP contribution in [0.25, 0.3) is 0 Å². The van der Waals surface area contributed by atoms with Crippen molar-refractivity contribution in [3.8, 4) is 17.2 Å². The van der Waals surface area contributed by atoms with E-state index < -0.39 is 23.4 Å². The molecule has 1 fully saturated rings. The molecule has 0 unspecified atom stereocenters. The van der Waals surface area contributed by atoms with Crippen molar-refractivity contribution >= 4 is 23.8 Å². The van der Waals surface area contributed by atoms with Crippen LogP contribution in [0.15, 0.2) is 78.9 Å². The van der Waals surface area contributed by atoms with Gasteiger partial charge >= 0.3 is 6.03 Å². The largest absolute Gasteiger partial charge is 0.467 e. The number of carbonyl (C=O) groups excluding carboxylic acids is 4. The molecule has 4 rings (SSSR count). The Labute approximate surface area is 219 Å². The summed E-state index contributed by atoms with van der Waals surface area (Å²) in [6, 6.07) is 21.7. The number of barbiturate groups is 1. The van der Waals surface area contributed by atoms with Gasteiger partial charge in [-0.15, -0.1) is 0 Å². The number of ether oxygens (including phenoxy) is 3. The van der Waals surface area contributed by atoms with Crippen LogP contribution in [0.4, 0.5) is 4.79 Å². The van der Waals surface area contributed by atoms with Crippen molar-refractivity contribution in [3.05, 3.63) is 90.0 Å². The fourth-order valence-electron chi connectivity index (χ4n) is 3.74. The standard InChI is InChI=1S/C28H27N3O7/c1-2-36-17-16-28(25(33)30-27(35)31-26(28)34)38-23-14-12-22(13-15-23)37-21-10-8-20(9-11-21)24(32)29-18-19-6-4-3-5-7-19/h3-15H,2,16-18H2,1H3,(H,29,32)(H2,30,31,33,34,35). The monoisotopic (exact) mass is 517 g/mol. The number of hydrogen-bond acceptors (Lipinski definition) is 7. The van der Waals surface area contributed by atoms with E-state index in [4.69, 9.17) is 14.2 Å². The summed E-state index contributed by atoms with van der Waals surface area (Å²) >= 11 is 0. The highest BCUT2D eigenvalue weighted by molar-refractivity contribution is 6.21. The molecule has 0 saturated carbocycles. The first kappa shape index (κ1) is 26.4. The third-order valence-electron chi connectivity index (χ3n) is 5.75. The van der Waals surface area contributed by atoms with Gasteiger partial charge in [-0.05, 0) is 61.0 Å². The van der Waals surface area contributed by atoms with Crippen LogP contribution < -0.4 is 25.4 Å². The van der Waals surface area contributed by atoms with Crippen LogP contribution in [0.2, 0.25) is 0 Å². The Bertz CT molecular complexity index is 1270. The average molecular weight is 518 g/mol. The second-order valence-electron chi connectivity index (χ2n) is 8.38. The van der Waals surface area contributed by atoms with Crippen molar-refractivity contribution in [2.75, 3.05) is 13.2 Å². The lowest BCUT2D eigenvalue weighted by molar-refractivity contribution is -0.153. The van der Waals surface area contributed by atoms with Crippen LogP contribution >= 0.6 is 0 Å². The summed E-state index contributed by atoms with van der Waals surface area (Å²) in [4.78, 5) is 49.2. The summed E-state index contributed by atoms with van der Waals surface area (Å²) in [5.41, 5.74) is -0.453. The molecule has 0 aromatic heterocycles. The van der Waals surface area contributed by atoms with E-state index in [-0.39, 0.29) is 24.7 Å². The molecule has 3 N–H and O–H groups in total. The van der Waals surface area contributed by atoms with Gasteiger partial charge in [-0.3, -0.25) is 25.0 Å². The van der Waals surface area contributed by atoms with Crippen molar-refractivity contribution in [1.29, 1.82) is 0 Å². The van der Waals surface area contributed by atoms with Crippen LogP contribution in [-0.2, 0) is 20.9 Å². The molecule has 5 amide bonds. The molecule has 1 saturated heterocycles. The SMILES string of the molecule is CCOCCC1(Oc2ccc(Oc3ccc(C(=O)NCc4ccccc4)cc3)cc2)C(=O)NC(=O)NC1=O. The van der Waals surface area contributed by atoms with E-state index in [1.165, 1.54) is 0 Å². The Morgan fingerprint density at radius 2 is 1.39 bits per heavy atom. The molecule has 196 valence electrons. The maximum atomic E-state index is 12.6. The first-order valence-corrected chi connectivity index (χ1v) is 12.0. The van der Waals surface area contributed by atoms with Gasteiger partial charge < -0.3 is 19.5 Å². The molecule has 0 aliphatic carbocycles. The zero-order valence-corrected chi connectivity index (χ0v) is 20.7. The highest BCUT2D eigenvalue weighted by atomic mass is 16.5. The maximum Gasteiger partial charge on any atom is 0.328 e. The summed E-state index contributed by atoms with van der Waals surface area (Å²) in [6.07, 6.45) is -0.0880. The average Bonchev–Trinajstić information content (AvgIpc) is 2.92. The molecule has 10 nitrogen and oxygen atoms in total. The second-order valence-corrected chi connectivity index (χ2v) is 8.38. The molecular formula is C28H27N3O7. The normalized spacial score (nSPS) is 14.3. The third-order valence-corrected chi connectivity index (χ3v) is 5.75. The first-order chi connectivity index (χ1) is 18.4. The minimum absolute atomic E-state index is 0.0764. The molecule has 1 aliphatic rings. The van der Waals surface area contributed by atoms with Crippen molar-refractivity contribution in [2.24, 2.45) is 0 Å². The fourth-order valence-corrected chi connectivity index (χ4v) is 3.74. The van der Waals surface area contributed by atoms with E-state index in [9.17, 15) is 19.2 Å². The molecule has 0 radical (unpaired) electrons. The summed E-state index contributed by atoms with van der Waals surface area (Å²) in [5, 5.41) is 7.03. The predicted molar refractivity (Wildman–Crippen MR) is 137 cm³/mol. The number of urea groups is 1. The Hall–Kier alpha value is -4.70. The summed E-state index contributed by atoms with van der Waals surface area (Å²) in [7, 11) is 0. The molecular weight excluding hydrogens is 490 g/mol. The topological polar surface area (TPSA) is 132 Å². The Kier molecular flexibility index (Phi) is 8.34. The zero-order valence-electron chi connectivity index (χ0n) is 20.7. The van der Waals surface area contributed by atoms with Crippen molar-refractivity contribution in [3.63, 3.8) is 0 Å². The van der Waals surface area contributed by atoms with E-state index in [1.807, 2.05) is 30.3 Å². The molecule has 38 heavy (non-hydrogen) atoms. The first-order valence-electron chi connectivity index (χ1n) is 12.0. The van der Waals surface area contributed by atoms with Crippen LogP contribution in [0.3, 0.4) is 0 Å². The molecule has 1 aliphatic heterocycles. The lowest BCUT2D eigenvalue weighted by Crippen LogP contribution is -2.69. The van der Waals surface area contributed by atoms with Crippen molar-refractivity contribution < 1.29 is 33.4 Å². The van der Waals surface area contributed by atoms with Gasteiger partial charge in [0.05, 0.1) is 6.61 Å². The van der Waals surface area contributed by atoms with Crippen LogP contribution in [0, 0.1) is 0 Å². The summed E-state index contributed by atoms with van der Waals surface area (Å²) in [6.45, 7) is 2.68. The zero-order chi connectivity index (χ0) is 27.0. The van der Waals surface area contributed by atoms with E-state index in [0.717, 1.165) is 5.56 Å². The van der Waals surface area contributed by atoms with Gasteiger partial charge in [0.25, 0.3) is 23.3 Å². The van der Waals surface area contributed by atoms with E-state index in [1.54, 1.807) is 55.5 Å². The van der Waals surface area contributed by atoms with Crippen LogP contribution in [0.5, 0.6) is 17.2 Å². The highest BCUT2D eigenvalue weighted by Crippen LogP contribution is 2.28. The minimum Gasteiger partial charge on any atom is -0.467 e. The lowest BCUT2D eigenvalue weighted by atomic mass is 9.95. The number of benzene rings is 3. The number of imide groups is 2. The van der Waals surface area contributed by atoms with E-state index >= 15 is 0 Å². The van der Waals surface area contributed by atoms with Gasteiger partial charge in [-0.1, -0.05) is 30.3 Å². The van der Waals surface area contributed by atoms with Crippen molar-refractivity contribution in [1.82, 2.24) is 16.0 Å². The summed E-state index contributed by atoms with van der Waals surface area (Å²) < 4.78 is 16.9. The number of nitrogens with one attached hydrogen (secondary N) is 3. The van der Waals surface area contributed by atoms with Gasteiger partial charge in [0.1, 0.15) is 17.2 Å². The van der Waals surface area contributed by atoms with Gasteiger partial charge in [0, 0.05) is 25.1 Å². The Balaban J connectivity index is 1.38. The van der Waals surface area contributed by atoms with Gasteiger partial charge in [-0.2, -0.15) is 0 Å². The quantitative estimate of drug-likeness (QED) is 0.263. The smallest absolute Gasteiger partial charge is 0.328 e. The second kappa shape index (κ2) is 12.0. The lowest BCUT2D eigenvalue weighted by Gasteiger charge is -2.34. The number of hydrogen-bond donors (Lipinski definition) is 3. The number of amides is 5. The summed E-state index contributed by atoms with van der Waals surface area (Å²) in [5.74, 6) is -0.722. The molecule has 3 aromatic rings. The molecule has 1 heterocycles.